The van der Waals surface area contributed by atoms with Gasteiger partial charge in [-0.25, -0.2) is 0 Å². The Morgan fingerprint density at radius 2 is 1.89 bits per heavy atom. The van der Waals surface area contributed by atoms with Gasteiger partial charge < -0.3 is 15.0 Å². The molecule has 1 heterocycles. The first-order valence-electron chi connectivity index (χ1n) is 8.80. The number of carbonyl (C=O) groups excluding carboxylic acids is 2. The standard InChI is InChI=1S/C20H21N3O5/c1-12-6-13(2)8-15(7-12)22-11-14(9-19(22)24)20(25)21-17-10-16(28-3)4-5-18(17)23(26)27/h4-8,10,14H,9,11H2,1-3H3,(H,21,25)/t14-/m0/s1. The quantitative estimate of drug-likeness (QED) is 0.631. The predicted octanol–water partition coefficient (Wildman–Crippen LogP) is 3.21. The van der Waals surface area contributed by atoms with Crippen LogP contribution in [-0.2, 0) is 9.59 Å². The first-order chi connectivity index (χ1) is 13.3. The number of hydrogen-bond acceptors (Lipinski definition) is 5. The topological polar surface area (TPSA) is 102 Å². The van der Waals surface area contributed by atoms with Gasteiger partial charge in [0.2, 0.25) is 11.8 Å². The number of nitrogens with one attached hydrogen (secondary N) is 1. The maximum absolute atomic E-state index is 12.7. The Kier molecular flexibility index (Phi) is 5.30. The molecule has 2 amide bonds. The fourth-order valence-electron chi connectivity index (χ4n) is 3.38. The highest BCUT2D eigenvalue weighted by Gasteiger charge is 2.36. The monoisotopic (exact) mass is 383 g/mol. The summed E-state index contributed by atoms with van der Waals surface area (Å²) in [6.07, 6.45) is 0.0522. The second-order valence-corrected chi connectivity index (χ2v) is 6.88. The molecule has 0 aromatic heterocycles. The maximum Gasteiger partial charge on any atom is 0.293 e. The summed E-state index contributed by atoms with van der Waals surface area (Å²) < 4.78 is 5.07. The van der Waals surface area contributed by atoms with Gasteiger partial charge in [-0.3, -0.25) is 19.7 Å². The summed E-state index contributed by atoms with van der Waals surface area (Å²) in [5, 5.41) is 13.8. The predicted molar refractivity (Wildman–Crippen MR) is 105 cm³/mol. The largest absolute Gasteiger partial charge is 0.497 e. The lowest BCUT2D eigenvalue weighted by molar-refractivity contribution is -0.383. The lowest BCUT2D eigenvalue weighted by Crippen LogP contribution is -2.28. The number of hydrogen-bond donors (Lipinski definition) is 1. The van der Waals surface area contributed by atoms with Crippen LogP contribution in [0.25, 0.3) is 0 Å². The Hall–Kier alpha value is -3.42. The Morgan fingerprint density at radius 1 is 1.21 bits per heavy atom. The number of methoxy groups -OCH3 is 1. The summed E-state index contributed by atoms with van der Waals surface area (Å²) in [5.41, 5.74) is 2.63. The molecule has 0 bridgehead atoms. The Balaban J connectivity index is 1.79. The number of aryl methyl sites for hydroxylation is 2. The molecule has 0 unspecified atom stereocenters. The van der Waals surface area contributed by atoms with E-state index in [-0.39, 0.29) is 30.2 Å². The molecule has 1 saturated heterocycles. The van der Waals surface area contributed by atoms with E-state index in [0.717, 1.165) is 16.8 Å². The highest BCUT2D eigenvalue weighted by molar-refractivity contribution is 6.04. The van der Waals surface area contributed by atoms with E-state index in [2.05, 4.69) is 5.32 Å². The third-order valence-corrected chi connectivity index (χ3v) is 4.67. The van der Waals surface area contributed by atoms with Gasteiger partial charge in [-0.2, -0.15) is 0 Å². The van der Waals surface area contributed by atoms with E-state index in [1.165, 1.54) is 25.3 Å². The molecule has 0 radical (unpaired) electrons. The van der Waals surface area contributed by atoms with Crippen LogP contribution in [0.1, 0.15) is 17.5 Å². The molecule has 0 spiro atoms. The molecule has 8 nitrogen and oxygen atoms in total. The highest BCUT2D eigenvalue weighted by Crippen LogP contribution is 2.31. The van der Waals surface area contributed by atoms with Gasteiger partial charge in [-0.05, 0) is 43.2 Å². The van der Waals surface area contributed by atoms with Gasteiger partial charge >= 0.3 is 0 Å². The van der Waals surface area contributed by atoms with Crippen LogP contribution in [-0.4, -0.2) is 30.4 Å². The van der Waals surface area contributed by atoms with Crippen LogP contribution in [0.5, 0.6) is 5.75 Å². The van der Waals surface area contributed by atoms with Crippen molar-refractivity contribution in [3.63, 3.8) is 0 Å². The molecule has 1 aliphatic heterocycles. The number of nitro benzene ring substituents is 1. The van der Waals surface area contributed by atoms with Gasteiger partial charge in [0, 0.05) is 30.8 Å². The van der Waals surface area contributed by atoms with Crippen molar-refractivity contribution in [1.82, 2.24) is 0 Å². The van der Waals surface area contributed by atoms with Crippen LogP contribution >= 0.6 is 0 Å². The van der Waals surface area contributed by atoms with Crippen molar-refractivity contribution in [3.8, 4) is 5.75 Å². The zero-order chi connectivity index (χ0) is 20.4. The molecule has 2 aromatic carbocycles. The summed E-state index contributed by atoms with van der Waals surface area (Å²) in [5.74, 6) is -0.791. The van der Waals surface area contributed by atoms with E-state index >= 15 is 0 Å². The summed E-state index contributed by atoms with van der Waals surface area (Å²) in [7, 11) is 1.43. The first kappa shape index (κ1) is 19.3. The minimum atomic E-state index is -0.598. The van der Waals surface area contributed by atoms with E-state index in [9.17, 15) is 19.7 Å². The number of amides is 2. The van der Waals surface area contributed by atoms with E-state index in [1.807, 2.05) is 32.0 Å². The summed E-state index contributed by atoms with van der Waals surface area (Å²) in [6, 6.07) is 9.94. The van der Waals surface area contributed by atoms with Gasteiger partial charge in [0.1, 0.15) is 11.4 Å². The number of nitro groups is 1. The lowest BCUT2D eigenvalue weighted by atomic mass is 10.1. The molecule has 2 aromatic rings. The Labute approximate surface area is 162 Å². The van der Waals surface area contributed by atoms with E-state index in [1.54, 1.807) is 4.90 Å². The molecule has 1 fully saturated rings. The molecular weight excluding hydrogens is 362 g/mol. The highest BCUT2D eigenvalue weighted by atomic mass is 16.6. The minimum Gasteiger partial charge on any atom is -0.497 e. The zero-order valence-corrected chi connectivity index (χ0v) is 15.9. The number of ether oxygens (including phenoxy) is 1. The average Bonchev–Trinajstić information content (AvgIpc) is 3.02. The summed E-state index contributed by atoms with van der Waals surface area (Å²) in [4.78, 5) is 37.4. The lowest BCUT2D eigenvalue weighted by Gasteiger charge is -2.18. The van der Waals surface area contributed by atoms with Crippen LogP contribution in [0.2, 0.25) is 0 Å². The number of anilines is 2. The normalized spacial score (nSPS) is 16.2. The van der Waals surface area contributed by atoms with Gasteiger partial charge in [0.05, 0.1) is 18.0 Å². The van der Waals surface area contributed by atoms with Crippen LogP contribution in [0.15, 0.2) is 36.4 Å². The molecular formula is C20H21N3O5. The van der Waals surface area contributed by atoms with Crippen molar-refractivity contribution in [2.45, 2.75) is 20.3 Å². The summed E-state index contributed by atoms with van der Waals surface area (Å²) >= 11 is 0. The molecule has 146 valence electrons. The van der Waals surface area contributed by atoms with Crippen LogP contribution in [0, 0.1) is 29.9 Å². The van der Waals surface area contributed by atoms with Gasteiger partial charge in [-0.15, -0.1) is 0 Å². The molecule has 1 N–H and O–H groups in total. The second-order valence-electron chi connectivity index (χ2n) is 6.88. The number of rotatable bonds is 5. The van der Waals surface area contributed by atoms with Crippen LogP contribution < -0.4 is 15.0 Å². The molecule has 8 heteroatoms. The van der Waals surface area contributed by atoms with Crippen molar-refractivity contribution >= 4 is 28.9 Å². The average molecular weight is 383 g/mol. The van der Waals surface area contributed by atoms with Crippen molar-refractivity contribution < 1.29 is 19.2 Å². The van der Waals surface area contributed by atoms with Crippen molar-refractivity contribution in [1.29, 1.82) is 0 Å². The van der Waals surface area contributed by atoms with E-state index in [4.69, 9.17) is 4.74 Å². The number of benzene rings is 2. The van der Waals surface area contributed by atoms with Crippen molar-refractivity contribution in [2.24, 2.45) is 5.92 Å². The zero-order valence-electron chi connectivity index (χ0n) is 15.9. The first-order valence-corrected chi connectivity index (χ1v) is 8.80. The fourth-order valence-corrected chi connectivity index (χ4v) is 3.38. The molecule has 28 heavy (non-hydrogen) atoms. The second kappa shape index (κ2) is 7.67. The van der Waals surface area contributed by atoms with Crippen molar-refractivity contribution in [3.05, 3.63) is 57.6 Å². The SMILES string of the molecule is COc1ccc([N+](=O)[O-])c(NC(=O)[C@H]2CC(=O)N(c3cc(C)cc(C)c3)C2)c1. The smallest absolute Gasteiger partial charge is 0.293 e. The minimum absolute atomic E-state index is 0.0478. The fraction of sp³-hybridized carbons (Fsp3) is 0.300. The summed E-state index contributed by atoms with van der Waals surface area (Å²) in [6.45, 7) is 4.12. The molecule has 1 aliphatic rings. The number of carbonyl (C=O) groups is 2. The molecule has 3 rings (SSSR count). The van der Waals surface area contributed by atoms with Gasteiger partial charge in [0.15, 0.2) is 0 Å². The third-order valence-electron chi connectivity index (χ3n) is 4.67. The molecule has 0 aliphatic carbocycles. The van der Waals surface area contributed by atoms with Crippen LogP contribution in [0.4, 0.5) is 17.1 Å². The molecule has 1 atom stereocenters. The van der Waals surface area contributed by atoms with E-state index < -0.39 is 16.7 Å². The Morgan fingerprint density at radius 3 is 2.50 bits per heavy atom. The van der Waals surface area contributed by atoms with Crippen LogP contribution in [0.3, 0.4) is 0 Å². The van der Waals surface area contributed by atoms with Gasteiger partial charge in [0.25, 0.3) is 5.69 Å². The number of nitrogens with zero attached hydrogens (tertiary/aromatic N) is 2. The third kappa shape index (κ3) is 3.95. The Bertz CT molecular complexity index is 937. The maximum atomic E-state index is 12.7. The van der Waals surface area contributed by atoms with E-state index in [0.29, 0.717) is 5.75 Å². The van der Waals surface area contributed by atoms with Gasteiger partial charge in [-0.1, -0.05) is 6.07 Å². The van der Waals surface area contributed by atoms with Crippen molar-refractivity contribution in [2.75, 3.05) is 23.9 Å². The molecule has 0 saturated carbocycles.